The number of hydrogen-bond donors (Lipinski definition) is 0. The Balaban J connectivity index is 0.00000100. The molecule has 0 bridgehead atoms. The SMILES string of the molecule is CC.CO[C@H](C)c1cc(-c2ccnn2C(C)C)cn2cc(C)nc12. The van der Waals surface area contributed by atoms with E-state index in [0.717, 1.165) is 28.2 Å². The van der Waals surface area contributed by atoms with Gasteiger partial charge >= 0.3 is 0 Å². The smallest absolute Gasteiger partial charge is 0.142 e. The first kappa shape index (κ1) is 18.2. The third-order valence-electron chi connectivity index (χ3n) is 3.95. The highest BCUT2D eigenvalue weighted by molar-refractivity contribution is 5.65. The van der Waals surface area contributed by atoms with Crippen molar-refractivity contribution in [3.8, 4) is 11.3 Å². The minimum absolute atomic E-state index is 0.0142. The fraction of sp³-hybridized carbons (Fsp3) is 0.474. The van der Waals surface area contributed by atoms with Crippen LogP contribution in [0.1, 0.15) is 58.0 Å². The molecule has 0 aliphatic carbocycles. The fourth-order valence-electron chi connectivity index (χ4n) is 2.77. The summed E-state index contributed by atoms with van der Waals surface area (Å²) in [5.41, 5.74) is 5.26. The van der Waals surface area contributed by atoms with Gasteiger partial charge in [0.15, 0.2) is 0 Å². The van der Waals surface area contributed by atoms with Gasteiger partial charge in [-0.25, -0.2) is 4.98 Å². The van der Waals surface area contributed by atoms with E-state index < -0.39 is 0 Å². The largest absolute Gasteiger partial charge is 0.377 e. The molecule has 0 aromatic carbocycles. The number of aromatic nitrogens is 4. The molecule has 3 heterocycles. The molecule has 0 spiro atoms. The van der Waals surface area contributed by atoms with E-state index in [1.54, 1.807) is 7.11 Å². The van der Waals surface area contributed by atoms with Crippen molar-refractivity contribution >= 4 is 5.65 Å². The Morgan fingerprint density at radius 2 is 1.83 bits per heavy atom. The molecule has 3 rings (SSSR count). The van der Waals surface area contributed by atoms with E-state index in [-0.39, 0.29) is 6.10 Å². The van der Waals surface area contributed by atoms with Crippen LogP contribution in [0.4, 0.5) is 0 Å². The number of aryl methyl sites for hydroxylation is 1. The quantitative estimate of drug-likeness (QED) is 0.689. The van der Waals surface area contributed by atoms with Gasteiger partial charge in [-0.05, 0) is 39.8 Å². The Bertz CT molecular complexity index is 801. The number of hydrogen-bond acceptors (Lipinski definition) is 3. The number of ether oxygens (including phenoxy) is 1. The minimum Gasteiger partial charge on any atom is -0.377 e. The number of rotatable bonds is 4. The lowest BCUT2D eigenvalue weighted by Crippen LogP contribution is -2.06. The Labute approximate surface area is 144 Å². The summed E-state index contributed by atoms with van der Waals surface area (Å²) in [4.78, 5) is 4.62. The Kier molecular flexibility index (Phi) is 5.78. The van der Waals surface area contributed by atoms with Crippen LogP contribution in [-0.2, 0) is 4.74 Å². The number of methoxy groups -OCH3 is 1. The first-order valence-corrected chi connectivity index (χ1v) is 8.57. The molecular weight excluding hydrogens is 300 g/mol. The van der Waals surface area contributed by atoms with Crippen LogP contribution < -0.4 is 0 Å². The summed E-state index contributed by atoms with van der Waals surface area (Å²) >= 11 is 0. The monoisotopic (exact) mass is 328 g/mol. The first-order valence-electron chi connectivity index (χ1n) is 8.57. The molecule has 3 aromatic heterocycles. The van der Waals surface area contributed by atoms with Gasteiger partial charge < -0.3 is 9.14 Å². The molecule has 0 saturated carbocycles. The first-order chi connectivity index (χ1) is 11.5. The number of nitrogens with zero attached hydrogens (tertiary/aromatic N) is 4. The minimum atomic E-state index is -0.0142. The Hall–Kier alpha value is -2.14. The predicted molar refractivity (Wildman–Crippen MR) is 98.3 cm³/mol. The summed E-state index contributed by atoms with van der Waals surface area (Å²) in [5, 5.41) is 4.43. The van der Waals surface area contributed by atoms with Crippen molar-refractivity contribution in [2.24, 2.45) is 0 Å². The van der Waals surface area contributed by atoms with E-state index in [1.165, 1.54) is 0 Å². The third-order valence-corrected chi connectivity index (χ3v) is 3.95. The molecule has 3 aromatic rings. The maximum atomic E-state index is 5.53. The maximum Gasteiger partial charge on any atom is 0.142 e. The van der Waals surface area contributed by atoms with Crippen molar-refractivity contribution in [2.45, 2.75) is 53.7 Å². The molecule has 24 heavy (non-hydrogen) atoms. The zero-order valence-corrected chi connectivity index (χ0v) is 15.7. The van der Waals surface area contributed by atoms with Crippen molar-refractivity contribution in [3.05, 3.63) is 42.0 Å². The van der Waals surface area contributed by atoms with Crippen LogP contribution >= 0.6 is 0 Å². The second-order valence-electron chi connectivity index (χ2n) is 5.93. The van der Waals surface area contributed by atoms with E-state index in [2.05, 4.69) is 40.6 Å². The van der Waals surface area contributed by atoms with Crippen molar-refractivity contribution < 1.29 is 4.74 Å². The zero-order valence-electron chi connectivity index (χ0n) is 15.7. The highest BCUT2D eigenvalue weighted by Crippen LogP contribution is 2.29. The van der Waals surface area contributed by atoms with Gasteiger partial charge in [0.25, 0.3) is 0 Å². The second-order valence-corrected chi connectivity index (χ2v) is 5.93. The van der Waals surface area contributed by atoms with Gasteiger partial charge in [0.05, 0.1) is 17.5 Å². The Morgan fingerprint density at radius 3 is 2.46 bits per heavy atom. The molecule has 0 N–H and O–H groups in total. The van der Waals surface area contributed by atoms with Gasteiger partial charge in [0.2, 0.25) is 0 Å². The molecule has 0 saturated heterocycles. The third kappa shape index (κ3) is 3.36. The van der Waals surface area contributed by atoms with Gasteiger partial charge in [-0.1, -0.05) is 13.8 Å². The van der Waals surface area contributed by atoms with Crippen LogP contribution in [0.15, 0.2) is 30.7 Å². The van der Waals surface area contributed by atoms with Crippen LogP contribution in [-0.4, -0.2) is 26.3 Å². The summed E-state index contributed by atoms with van der Waals surface area (Å²) in [6.07, 6.45) is 5.98. The summed E-state index contributed by atoms with van der Waals surface area (Å²) in [5.74, 6) is 0. The lowest BCUT2D eigenvalue weighted by atomic mass is 10.1. The zero-order chi connectivity index (χ0) is 17.9. The summed E-state index contributed by atoms with van der Waals surface area (Å²) < 4.78 is 9.64. The maximum absolute atomic E-state index is 5.53. The molecule has 0 aliphatic heterocycles. The fourth-order valence-corrected chi connectivity index (χ4v) is 2.77. The lowest BCUT2D eigenvalue weighted by Gasteiger charge is -2.15. The highest BCUT2D eigenvalue weighted by Gasteiger charge is 2.16. The van der Waals surface area contributed by atoms with Crippen LogP contribution in [0, 0.1) is 6.92 Å². The standard InChI is InChI=1S/C17H22N4O.C2H6/c1-11(2)21-16(6-7-18-21)14-8-15(13(4)22-5)17-19-12(3)9-20(17)10-14;1-2/h6-11,13H,1-5H3;1-2H3/t13-;/m1./s1. The lowest BCUT2D eigenvalue weighted by molar-refractivity contribution is 0.120. The molecule has 0 aliphatic rings. The van der Waals surface area contributed by atoms with Gasteiger partial charge in [0, 0.05) is 42.9 Å². The molecule has 5 heteroatoms. The number of fused-ring (bicyclic) bond motifs is 1. The summed E-state index contributed by atoms with van der Waals surface area (Å²) in [6.45, 7) is 12.3. The van der Waals surface area contributed by atoms with Crippen LogP contribution in [0.5, 0.6) is 0 Å². The van der Waals surface area contributed by atoms with Crippen molar-refractivity contribution in [1.82, 2.24) is 19.2 Å². The number of imidazole rings is 1. The normalized spacial score (nSPS) is 12.3. The molecular formula is C19H28N4O. The molecule has 0 amide bonds. The van der Waals surface area contributed by atoms with Gasteiger partial charge in [-0.15, -0.1) is 0 Å². The molecule has 0 fully saturated rings. The van der Waals surface area contributed by atoms with E-state index in [1.807, 2.05) is 50.8 Å². The predicted octanol–water partition coefficient (Wildman–Crippen LogP) is 4.82. The van der Waals surface area contributed by atoms with Crippen LogP contribution in [0.2, 0.25) is 0 Å². The molecule has 0 unspecified atom stereocenters. The molecule has 0 radical (unpaired) electrons. The Morgan fingerprint density at radius 1 is 1.12 bits per heavy atom. The number of pyridine rings is 1. The van der Waals surface area contributed by atoms with Crippen LogP contribution in [0.25, 0.3) is 16.9 Å². The summed E-state index contributed by atoms with van der Waals surface area (Å²) in [6, 6.07) is 4.52. The summed E-state index contributed by atoms with van der Waals surface area (Å²) in [7, 11) is 1.72. The highest BCUT2D eigenvalue weighted by atomic mass is 16.5. The average molecular weight is 328 g/mol. The van der Waals surface area contributed by atoms with E-state index in [4.69, 9.17) is 4.74 Å². The van der Waals surface area contributed by atoms with Crippen LogP contribution in [0.3, 0.4) is 0 Å². The van der Waals surface area contributed by atoms with Gasteiger partial charge in [-0.2, -0.15) is 5.10 Å². The van der Waals surface area contributed by atoms with E-state index in [9.17, 15) is 0 Å². The van der Waals surface area contributed by atoms with Crippen molar-refractivity contribution in [1.29, 1.82) is 0 Å². The van der Waals surface area contributed by atoms with E-state index in [0.29, 0.717) is 6.04 Å². The van der Waals surface area contributed by atoms with E-state index >= 15 is 0 Å². The van der Waals surface area contributed by atoms with Crippen molar-refractivity contribution in [2.75, 3.05) is 7.11 Å². The molecule has 1 atom stereocenters. The van der Waals surface area contributed by atoms with Gasteiger partial charge in [0.1, 0.15) is 5.65 Å². The molecule has 5 nitrogen and oxygen atoms in total. The topological polar surface area (TPSA) is 44.4 Å². The molecule has 130 valence electrons. The second kappa shape index (κ2) is 7.62. The van der Waals surface area contributed by atoms with Crippen molar-refractivity contribution in [3.63, 3.8) is 0 Å². The average Bonchev–Trinajstić information content (AvgIpc) is 3.20. The van der Waals surface area contributed by atoms with Gasteiger partial charge in [-0.3, -0.25) is 4.68 Å².